The van der Waals surface area contributed by atoms with Crippen molar-refractivity contribution in [2.24, 2.45) is 0 Å². The number of hydrogen-bond acceptors (Lipinski definition) is 0. The van der Waals surface area contributed by atoms with Crippen LogP contribution in [0.15, 0.2) is 0 Å². The molecule has 0 fully saturated rings. The van der Waals surface area contributed by atoms with Gasteiger partial charge in [0.2, 0.25) is 6.43 Å². The largest absolute Gasteiger partial charge is 0.238 e. The highest BCUT2D eigenvalue weighted by atomic mass is 35.5. The first-order valence-electron chi connectivity index (χ1n) is 2.55. The van der Waals surface area contributed by atoms with Crippen LogP contribution in [0.3, 0.4) is 0 Å². The van der Waals surface area contributed by atoms with Gasteiger partial charge in [0.1, 0.15) is 0 Å². The molecule has 0 spiro atoms. The van der Waals surface area contributed by atoms with Crippen LogP contribution in [0.2, 0.25) is 0 Å². The van der Waals surface area contributed by atoms with Crippen molar-refractivity contribution in [3.05, 3.63) is 0 Å². The van der Waals surface area contributed by atoms with Crippen molar-refractivity contribution in [1.82, 2.24) is 0 Å². The van der Waals surface area contributed by atoms with Crippen molar-refractivity contribution in [2.75, 3.05) is 0 Å². The second kappa shape index (κ2) is 4.07. The van der Waals surface area contributed by atoms with E-state index in [0.29, 0.717) is 6.42 Å². The molecule has 1 atom stereocenters. The summed E-state index contributed by atoms with van der Waals surface area (Å²) in [6, 6.07) is 0. The molecule has 0 saturated carbocycles. The fraction of sp³-hybridized carbons (Fsp3) is 1.00. The summed E-state index contributed by atoms with van der Waals surface area (Å²) in [6.07, 6.45) is -1.87. The molecule has 50 valence electrons. The lowest BCUT2D eigenvalue weighted by Gasteiger charge is -1.99. The maximum Gasteiger partial charge on any atom is 0.238 e. The van der Waals surface area contributed by atoms with Gasteiger partial charge in [-0.05, 0) is 13.3 Å². The van der Waals surface area contributed by atoms with Crippen molar-refractivity contribution in [3.8, 4) is 0 Å². The van der Waals surface area contributed by atoms with Gasteiger partial charge in [-0.1, -0.05) is 0 Å². The molecular weight excluding hydrogens is 134 g/mol. The molecule has 0 heterocycles. The molecule has 0 aromatic heterocycles. The van der Waals surface area contributed by atoms with Crippen LogP contribution >= 0.6 is 11.6 Å². The number of rotatable bonds is 3. The van der Waals surface area contributed by atoms with E-state index in [2.05, 4.69) is 0 Å². The summed E-state index contributed by atoms with van der Waals surface area (Å²) in [7, 11) is 0. The zero-order chi connectivity index (χ0) is 6.57. The Bertz CT molecular complexity index is 46.4. The molecule has 0 bridgehead atoms. The summed E-state index contributed by atoms with van der Waals surface area (Å²) in [5.41, 5.74) is 0. The minimum Gasteiger partial charge on any atom is -0.211 e. The van der Waals surface area contributed by atoms with Gasteiger partial charge >= 0.3 is 0 Å². The van der Waals surface area contributed by atoms with E-state index < -0.39 is 6.43 Å². The van der Waals surface area contributed by atoms with Crippen LogP contribution < -0.4 is 0 Å². The molecule has 0 unspecified atom stereocenters. The van der Waals surface area contributed by atoms with Crippen LogP contribution in [0.4, 0.5) is 8.78 Å². The molecule has 0 amide bonds. The lowest BCUT2D eigenvalue weighted by Crippen LogP contribution is -1.96. The van der Waals surface area contributed by atoms with E-state index in [1.54, 1.807) is 6.92 Å². The summed E-state index contributed by atoms with van der Waals surface area (Å²) < 4.78 is 22.7. The third-order valence-corrected chi connectivity index (χ3v) is 1.00. The molecule has 0 aliphatic heterocycles. The molecule has 8 heavy (non-hydrogen) atoms. The minimum atomic E-state index is -2.20. The molecular formula is C5H9ClF2. The average molecular weight is 143 g/mol. The molecule has 0 aliphatic carbocycles. The van der Waals surface area contributed by atoms with Gasteiger partial charge < -0.3 is 0 Å². The summed E-state index contributed by atoms with van der Waals surface area (Å²) in [5.74, 6) is 0. The molecule has 0 saturated heterocycles. The maximum absolute atomic E-state index is 11.3. The quantitative estimate of drug-likeness (QED) is 0.532. The third kappa shape index (κ3) is 6.15. The third-order valence-electron chi connectivity index (χ3n) is 0.783. The zero-order valence-corrected chi connectivity index (χ0v) is 5.46. The van der Waals surface area contributed by atoms with E-state index in [9.17, 15) is 8.78 Å². The Morgan fingerprint density at radius 2 is 1.88 bits per heavy atom. The highest BCUT2D eigenvalue weighted by Crippen LogP contribution is 2.09. The summed E-state index contributed by atoms with van der Waals surface area (Å²) in [5, 5.41) is -0.121. The van der Waals surface area contributed by atoms with Crippen molar-refractivity contribution in [3.63, 3.8) is 0 Å². The number of alkyl halides is 3. The van der Waals surface area contributed by atoms with Crippen molar-refractivity contribution < 1.29 is 8.78 Å². The predicted molar refractivity (Wildman–Crippen MR) is 30.6 cm³/mol. The van der Waals surface area contributed by atoms with Gasteiger partial charge in [-0.25, -0.2) is 8.78 Å². The summed E-state index contributed by atoms with van der Waals surface area (Å²) in [4.78, 5) is 0. The Balaban J connectivity index is 2.93. The molecule has 0 aromatic rings. The molecule has 0 rings (SSSR count). The average Bonchev–Trinajstić information content (AvgIpc) is 1.61. The first-order chi connectivity index (χ1) is 3.63. The normalized spacial score (nSPS) is 14.6. The standard InChI is InChI=1S/C5H9ClF2/c1-4(6)2-3-5(7)8/h4-5H,2-3H2,1H3/t4-/m1/s1. The van der Waals surface area contributed by atoms with Crippen molar-refractivity contribution in [2.45, 2.75) is 31.6 Å². The highest BCUT2D eigenvalue weighted by molar-refractivity contribution is 6.20. The lowest BCUT2D eigenvalue weighted by atomic mass is 10.2. The minimum absolute atomic E-state index is 0.0787. The van der Waals surface area contributed by atoms with Gasteiger partial charge in [-0.2, -0.15) is 0 Å². The molecule has 0 aliphatic rings. The lowest BCUT2D eigenvalue weighted by molar-refractivity contribution is 0.135. The number of hydrogen-bond donors (Lipinski definition) is 0. The Morgan fingerprint density at radius 1 is 1.38 bits per heavy atom. The second-order valence-corrected chi connectivity index (χ2v) is 2.49. The van der Waals surface area contributed by atoms with E-state index in [4.69, 9.17) is 11.6 Å². The maximum atomic E-state index is 11.3. The highest BCUT2D eigenvalue weighted by Gasteiger charge is 2.03. The smallest absolute Gasteiger partial charge is 0.211 e. The van der Waals surface area contributed by atoms with Crippen LogP contribution in [-0.4, -0.2) is 11.8 Å². The van der Waals surface area contributed by atoms with E-state index in [1.807, 2.05) is 0 Å². The molecule has 0 aromatic carbocycles. The Labute approximate surface area is 52.8 Å². The van der Waals surface area contributed by atoms with Crippen LogP contribution in [0.1, 0.15) is 19.8 Å². The Morgan fingerprint density at radius 3 is 2.00 bits per heavy atom. The second-order valence-electron chi connectivity index (χ2n) is 1.75. The van der Waals surface area contributed by atoms with Crippen LogP contribution in [0.5, 0.6) is 0 Å². The van der Waals surface area contributed by atoms with Gasteiger partial charge in [-0.3, -0.25) is 0 Å². The molecule has 0 N–H and O–H groups in total. The zero-order valence-electron chi connectivity index (χ0n) is 4.70. The van der Waals surface area contributed by atoms with Crippen LogP contribution in [0.25, 0.3) is 0 Å². The van der Waals surface area contributed by atoms with Gasteiger partial charge in [0.25, 0.3) is 0 Å². The number of halogens is 3. The fourth-order valence-electron chi connectivity index (χ4n) is 0.356. The molecule has 0 radical (unpaired) electrons. The van der Waals surface area contributed by atoms with E-state index >= 15 is 0 Å². The van der Waals surface area contributed by atoms with Crippen LogP contribution in [-0.2, 0) is 0 Å². The van der Waals surface area contributed by atoms with E-state index in [-0.39, 0.29) is 11.8 Å². The van der Waals surface area contributed by atoms with Gasteiger partial charge in [0.15, 0.2) is 0 Å². The Kier molecular flexibility index (Phi) is 4.15. The fourth-order valence-corrected chi connectivity index (χ4v) is 0.482. The van der Waals surface area contributed by atoms with Gasteiger partial charge in [-0.15, -0.1) is 11.6 Å². The first kappa shape index (κ1) is 8.15. The van der Waals surface area contributed by atoms with E-state index in [1.165, 1.54) is 0 Å². The topological polar surface area (TPSA) is 0 Å². The Hall–Kier alpha value is 0.150. The van der Waals surface area contributed by atoms with Gasteiger partial charge in [0.05, 0.1) is 0 Å². The monoisotopic (exact) mass is 142 g/mol. The van der Waals surface area contributed by atoms with Crippen molar-refractivity contribution >= 4 is 11.6 Å². The SMILES string of the molecule is C[C@@H](Cl)CCC(F)F. The van der Waals surface area contributed by atoms with E-state index in [0.717, 1.165) is 0 Å². The molecule has 3 heteroatoms. The summed E-state index contributed by atoms with van der Waals surface area (Å²) in [6.45, 7) is 1.71. The predicted octanol–water partition coefficient (Wildman–Crippen LogP) is 2.66. The van der Waals surface area contributed by atoms with Gasteiger partial charge in [0, 0.05) is 11.8 Å². The molecule has 0 nitrogen and oxygen atoms in total. The summed E-state index contributed by atoms with van der Waals surface area (Å²) >= 11 is 5.39. The van der Waals surface area contributed by atoms with Crippen molar-refractivity contribution in [1.29, 1.82) is 0 Å². The first-order valence-corrected chi connectivity index (χ1v) is 2.98. The van der Waals surface area contributed by atoms with Crippen LogP contribution in [0, 0.1) is 0 Å².